The van der Waals surface area contributed by atoms with Gasteiger partial charge >= 0.3 is 6.09 Å². The SMILES string of the molecule is CCO[C@H]1CN(C(=O)O)C[C@H]1Nc1c(CC)nc(-c2ccc(N(C)C)cc2Cl)n(C)c1=O. The number of hydrogen-bond donors (Lipinski definition) is 2. The molecule has 0 unspecified atom stereocenters. The van der Waals surface area contributed by atoms with Crippen molar-refractivity contribution in [1.82, 2.24) is 14.5 Å². The van der Waals surface area contributed by atoms with Crippen LogP contribution in [0.25, 0.3) is 11.4 Å². The number of rotatable bonds is 7. The van der Waals surface area contributed by atoms with Crippen molar-refractivity contribution in [3.05, 3.63) is 39.3 Å². The van der Waals surface area contributed by atoms with E-state index < -0.39 is 6.09 Å². The zero-order chi connectivity index (χ0) is 23.6. The first kappa shape index (κ1) is 23.9. The maximum atomic E-state index is 13.3. The summed E-state index contributed by atoms with van der Waals surface area (Å²) < 4.78 is 7.20. The third-order valence-corrected chi connectivity index (χ3v) is 5.97. The predicted octanol–water partition coefficient (Wildman–Crippen LogP) is 2.91. The number of ether oxygens (including phenoxy) is 1. The third kappa shape index (κ3) is 4.68. The summed E-state index contributed by atoms with van der Waals surface area (Å²) in [7, 11) is 5.52. The predicted molar refractivity (Wildman–Crippen MR) is 126 cm³/mol. The van der Waals surface area contributed by atoms with Crippen LogP contribution in [0.5, 0.6) is 0 Å². The number of halogens is 1. The molecule has 2 N–H and O–H groups in total. The molecule has 3 rings (SSSR count). The van der Waals surface area contributed by atoms with E-state index in [0.29, 0.717) is 40.8 Å². The van der Waals surface area contributed by atoms with Crippen molar-refractivity contribution in [2.45, 2.75) is 32.4 Å². The second kappa shape index (κ2) is 9.79. The molecule has 1 aromatic heterocycles. The number of nitrogens with one attached hydrogen (secondary N) is 1. The normalized spacial score (nSPS) is 18.1. The number of aryl methyl sites for hydroxylation is 1. The van der Waals surface area contributed by atoms with Crippen molar-refractivity contribution >= 4 is 29.1 Å². The molecule has 0 radical (unpaired) electrons. The minimum absolute atomic E-state index is 0.228. The number of anilines is 2. The molecule has 0 spiro atoms. The Balaban J connectivity index is 2.00. The first-order valence-corrected chi connectivity index (χ1v) is 11.0. The van der Waals surface area contributed by atoms with Gasteiger partial charge in [0, 0.05) is 45.5 Å². The molecule has 32 heavy (non-hydrogen) atoms. The third-order valence-electron chi connectivity index (χ3n) is 5.66. The highest BCUT2D eigenvalue weighted by molar-refractivity contribution is 6.33. The fraction of sp³-hybridized carbons (Fsp3) is 0.500. The molecule has 1 aliphatic heterocycles. The van der Waals surface area contributed by atoms with E-state index in [-0.39, 0.29) is 30.8 Å². The molecule has 1 aromatic carbocycles. The van der Waals surface area contributed by atoms with Crippen LogP contribution in [-0.4, -0.2) is 71.6 Å². The minimum atomic E-state index is -1.01. The van der Waals surface area contributed by atoms with Crippen LogP contribution in [0.4, 0.5) is 16.2 Å². The number of carbonyl (C=O) groups is 1. The summed E-state index contributed by atoms with van der Waals surface area (Å²) in [6.45, 7) is 4.71. The van der Waals surface area contributed by atoms with Crippen molar-refractivity contribution in [1.29, 1.82) is 0 Å². The van der Waals surface area contributed by atoms with Crippen LogP contribution >= 0.6 is 11.6 Å². The summed E-state index contributed by atoms with van der Waals surface area (Å²) in [5.74, 6) is 0.479. The Kier molecular flexibility index (Phi) is 7.30. The van der Waals surface area contributed by atoms with Crippen LogP contribution in [0.3, 0.4) is 0 Å². The lowest BCUT2D eigenvalue weighted by Gasteiger charge is -2.22. The van der Waals surface area contributed by atoms with Gasteiger partial charge in [-0.25, -0.2) is 9.78 Å². The molecule has 174 valence electrons. The van der Waals surface area contributed by atoms with Gasteiger partial charge in [-0.15, -0.1) is 0 Å². The van der Waals surface area contributed by atoms with Gasteiger partial charge in [0.05, 0.1) is 29.4 Å². The Labute approximate surface area is 192 Å². The Hall–Kier alpha value is -2.78. The average molecular weight is 464 g/mol. The summed E-state index contributed by atoms with van der Waals surface area (Å²) in [6, 6.07) is 5.28. The summed E-state index contributed by atoms with van der Waals surface area (Å²) in [5.41, 5.74) is 2.33. The van der Waals surface area contributed by atoms with E-state index in [0.717, 1.165) is 5.69 Å². The van der Waals surface area contributed by atoms with E-state index in [2.05, 4.69) is 5.32 Å². The highest BCUT2D eigenvalue weighted by atomic mass is 35.5. The van der Waals surface area contributed by atoms with Crippen LogP contribution in [0.2, 0.25) is 5.02 Å². The van der Waals surface area contributed by atoms with Crippen molar-refractivity contribution in [3.8, 4) is 11.4 Å². The van der Waals surface area contributed by atoms with Crippen LogP contribution < -0.4 is 15.8 Å². The molecule has 10 heteroatoms. The molecular weight excluding hydrogens is 434 g/mol. The second-order valence-corrected chi connectivity index (χ2v) is 8.37. The van der Waals surface area contributed by atoms with E-state index in [1.807, 2.05) is 51.0 Å². The van der Waals surface area contributed by atoms with Gasteiger partial charge < -0.3 is 25.0 Å². The lowest BCUT2D eigenvalue weighted by atomic mass is 10.1. The number of nitrogens with zero attached hydrogens (tertiary/aromatic N) is 4. The van der Waals surface area contributed by atoms with Crippen molar-refractivity contribution in [2.24, 2.45) is 7.05 Å². The van der Waals surface area contributed by atoms with Gasteiger partial charge in [-0.3, -0.25) is 9.36 Å². The van der Waals surface area contributed by atoms with Crippen LogP contribution in [0.1, 0.15) is 19.5 Å². The van der Waals surface area contributed by atoms with E-state index in [9.17, 15) is 14.7 Å². The molecule has 0 bridgehead atoms. The number of benzene rings is 1. The molecule has 0 saturated carbocycles. The Morgan fingerprint density at radius 3 is 2.62 bits per heavy atom. The lowest BCUT2D eigenvalue weighted by molar-refractivity contribution is 0.0629. The molecule has 2 aromatic rings. The van der Waals surface area contributed by atoms with Crippen molar-refractivity contribution in [2.75, 3.05) is 44.0 Å². The highest BCUT2D eigenvalue weighted by Gasteiger charge is 2.37. The summed E-state index contributed by atoms with van der Waals surface area (Å²) in [6.07, 6.45) is -0.835. The van der Waals surface area contributed by atoms with Gasteiger partial charge in [0.25, 0.3) is 5.56 Å². The molecule has 1 saturated heterocycles. The zero-order valence-electron chi connectivity index (χ0n) is 19.1. The summed E-state index contributed by atoms with van der Waals surface area (Å²) >= 11 is 6.53. The standard InChI is InChI=1S/C22H30ClN5O4/c1-6-16-19(24-17-11-28(22(30)31)12-18(17)32-7-2)21(29)27(5)20(25-16)14-9-8-13(26(3)4)10-15(14)23/h8-10,17-18,24H,6-7,11-12H2,1-5H3,(H,30,31)/t17-,18+/m1/s1. The Morgan fingerprint density at radius 2 is 2.06 bits per heavy atom. The number of hydrogen-bond acceptors (Lipinski definition) is 6. The van der Waals surface area contributed by atoms with Crippen molar-refractivity contribution < 1.29 is 14.6 Å². The van der Waals surface area contributed by atoms with E-state index >= 15 is 0 Å². The number of aromatic nitrogens is 2. The molecule has 9 nitrogen and oxygen atoms in total. The van der Waals surface area contributed by atoms with Gasteiger partial charge in [0.2, 0.25) is 0 Å². The zero-order valence-corrected chi connectivity index (χ0v) is 19.8. The quantitative estimate of drug-likeness (QED) is 0.651. The fourth-order valence-electron chi connectivity index (χ4n) is 3.89. The topological polar surface area (TPSA) is 99.9 Å². The first-order chi connectivity index (χ1) is 15.2. The number of likely N-dealkylation sites (tertiary alicyclic amines) is 1. The highest BCUT2D eigenvalue weighted by Crippen LogP contribution is 2.30. The molecule has 1 fully saturated rings. The maximum absolute atomic E-state index is 13.3. The molecule has 1 aliphatic rings. The lowest BCUT2D eigenvalue weighted by Crippen LogP contribution is -2.38. The second-order valence-electron chi connectivity index (χ2n) is 7.97. The van der Waals surface area contributed by atoms with E-state index in [4.69, 9.17) is 21.3 Å². The fourth-order valence-corrected chi connectivity index (χ4v) is 4.15. The molecule has 1 amide bonds. The largest absolute Gasteiger partial charge is 0.465 e. The summed E-state index contributed by atoms with van der Waals surface area (Å²) in [5, 5.41) is 13.1. The molecular formula is C22H30ClN5O4. The molecule has 2 atom stereocenters. The first-order valence-electron chi connectivity index (χ1n) is 10.6. The van der Waals surface area contributed by atoms with Crippen LogP contribution in [0.15, 0.2) is 23.0 Å². The summed E-state index contributed by atoms with van der Waals surface area (Å²) in [4.78, 5) is 32.8. The average Bonchev–Trinajstić information content (AvgIpc) is 3.15. The smallest absolute Gasteiger partial charge is 0.407 e. The van der Waals surface area contributed by atoms with Crippen molar-refractivity contribution in [3.63, 3.8) is 0 Å². The van der Waals surface area contributed by atoms with Gasteiger partial charge in [-0.1, -0.05) is 18.5 Å². The van der Waals surface area contributed by atoms with Crippen LogP contribution in [0, 0.1) is 0 Å². The van der Waals surface area contributed by atoms with Gasteiger partial charge in [-0.05, 0) is 31.5 Å². The minimum Gasteiger partial charge on any atom is -0.465 e. The molecule has 2 heterocycles. The number of amides is 1. The number of carboxylic acid groups (broad SMARTS) is 1. The monoisotopic (exact) mass is 463 g/mol. The van der Waals surface area contributed by atoms with Crippen LogP contribution in [-0.2, 0) is 18.2 Å². The van der Waals surface area contributed by atoms with E-state index in [1.54, 1.807) is 7.05 Å². The van der Waals surface area contributed by atoms with Gasteiger partial charge in [0.1, 0.15) is 11.5 Å². The van der Waals surface area contributed by atoms with Gasteiger partial charge in [0.15, 0.2) is 0 Å². The maximum Gasteiger partial charge on any atom is 0.407 e. The van der Waals surface area contributed by atoms with E-state index in [1.165, 1.54) is 9.47 Å². The Bertz CT molecular complexity index is 1060. The Morgan fingerprint density at radius 1 is 1.34 bits per heavy atom. The molecule has 0 aliphatic carbocycles. The van der Waals surface area contributed by atoms with Gasteiger partial charge in [-0.2, -0.15) is 0 Å².